The first-order valence-electron chi connectivity index (χ1n) is 6.94. The summed E-state index contributed by atoms with van der Waals surface area (Å²) in [6, 6.07) is 7.00. The number of β-amino-alcohol motifs (C(OH)–C–C–N with tert-alkyl or cyclic N) is 1. The third-order valence-electron chi connectivity index (χ3n) is 3.77. The summed E-state index contributed by atoms with van der Waals surface area (Å²) in [6.45, 7) is 2.49. The molecule has 1 aromatic rings. The topological polar surface area (TPSA) is 49.8 Å². The summed E-state index contributed by atoms with van der Waals surface area (Å²) in [4.78, 5) is 13.1. The van der Waals surface area contributed by atoms with Crippen molar-refractivity contribution in [2.24, 2.45) is 0 Å². The van der Waals surface area contributed by atoms with Crippen LogP contribution in [-0.4, -0.2) is 46.9 Å². The quantitative estimate of drug-likeness (QED) is 0.930. The summed E-state index contributed by atoms with van der Waals surface area (Å²) in [5.74, 6) is -0.0996. The van der Waals surface area contributed by atoms with E-state index in [1.165, 1.54) is 6.92 Å². The Morgan fingerprint density at radius 2 is 1.95 bits per heavy atom. The van der Waals surface area contributed by atoms with E-state index >= 15 is 0 Å². The van der Waals surface area contributed by atoms with Crippen LogP contribution in [0.15, 0.2) is 24.3 Å². The van der Waals surface area contributed by atoms with Crippen molar-refractivity contribution in [1.29, 1.82) is 0 Å². The zero-order valence-corrected chi connectivity index (χ0v) is 12.4. The Bertz CT molecular complexity index is 544. The van der Waals surface area contributed by atoms with Crippen molar-refractivity contribution < 1.29 is 27.8 Å². The number of hydrogen-bond donors (Lipinski definition) is 1. The van der Waals surface area contributed by atoms with Gasteiger partial charge >= 0.3 is 6.18 Å². The molecule has 0 spiro atoms. The smallest absolute Gasteiger partial charge is 0.419 e. The molecule has 0 radical (unpaired) electrons. The third-order valence-corrected chi connectivity index (χ3v) is 3.77. The van der Waals surface area contributed by atoms with Crippen molar-refractivity contribution in [2.45, 2.75) is 38.1 Å². The van der Waals surface area contributed by atoms with Crippen LogP contribution in [0.3, 0.4) is 0 Å². The lowest BCUT2D eigenvalue weighted by Gasteiger charge is -2.27. The van der Waals surface area contributed by atoms with Crippen molar-refractivity contribution in [2.75, 3.05) is 13.1 Å². The molecule has 1 fully saturated rings. The number of carbonyl (C=O) groups excluding carboxylic acids is 1. The number of nitrogens with zero attached hydrogens (tertiary/aromatic N) is 1. The molecule has 1 saturated heterocycles. The lowest BCUT2D eigenvalue weighted by atomic mass is 10.0. The minimum atomic E-state index is -4.75. The van der Waals surface area contributed by atoms with E-state index in [1.807, 2.05) is 19.1 Å². The van der Waals surface area contributed by atoms with E-state index in [1.54, 1.807) is 12.1 Å². The van der Waals surface area contributed by atoms with Gasteiger partial charge in [0.05, 0.1) is 6.54 Å². The van der Waals surface area contributed by atoms with Crippen LogP contribution in [0.1, 0.15) is 18.9 Å². The summed E-state index contributed by atoms with van der Waals surface area (Å²) < 4.78 is 43.7. The highest BCUT2D eigenvalue weighted by molar-refractivity contribution is 5.81. The molecule has 1 N–H and O–H groups in total. The fourth-order valence-electron chi connectivity index (χ4n) is 2.34. The van der Waals surface area contributed by atoms with Gasteiger partial charge in [0.15, 0.2) is 11.7 Å². The number of rotatable bonds is 3. The Morgan fingerprint density at radius 3 is 2.45 bits per heavy atom. The molecule has 0 unspecified atom stereocenters. The van der Waals surface area contributed by atoms with Crippen molar-refractivity contribution in [3.63, 3.8) is 0 Å². The van der Waals surface area contributed by atoms with Crippen LogP contribution in [0.5, 0.6) is 5.75 Å². The molecule has 2 atom stereocenters. The van der Waals surface area contributed by atoms with Crippen molar-refractivity contribution in [3.8, 4) is 5.75 Å². The van der Waals surface area contributed by atoms with Crippen LogP contribution in [0.25, 0.3) is 0 Å². The Hall–Kier alpha value is -1.76. The summed E-state index contributed by atoms with van der Waals surface area (Å²) in [5, 5.41) is 9.59. The molecule has 2 rings (SSSR count). The summed E-state index contributed by atoms with van der Waals surface area (Å²) >= 11 is 0. The van der Waals surface area contributed by atoms with Crippen LogP contribution < -0.4 is 4.74 Å². The van der Waals surface area contributed by atoms with Gasteiger partial charge in [-0.1, -0.05) is 17.7 Å². The Morgan fingerprint density at radius 1 is 1.36 bits per heavy atom. The van der Waals surface area contributed by atoms with Crippen LogP contribution in [0, 0.1) is 6.92 Å². The summed E-state index contributed by atoms with van der Waals surface area (Å²) in [7, 11) is 0. The molecule has 1 heterocycles. The molecule has 0 saturated carbocycles. The number of halogens is 3. The van der Waals surface area contributed by atoms with Crippen molar-refractivity contribution >= 4 is 5.91 Å². The number of benzene rings is 1. The molecule has 1 aromatic carbocycles. The van der Waals surface area contributed by atoms with E-state index in [-0.39, 0.29) is 6.54 Å². The van der Waals surface area contributed by atoms with E-state index in [4.69, 9.17) is 4.74 Å². The molecule has 22 heavy (non-hydrogen) atoms. The fraction of sp³-hybridized carbons (Fsp3) is 0.533. The maximum absolute atomic E-state index is 12.7. The Balaban J connectivity index is 1.99. The lowest BCUT2D eigenvalue weighted by Crippen LogP contribution is -2.49. The first kappa shape index (κ1) is 16.6. The highest BCUT2D eigenvalue weighted by Gasteiger charge is 2.58. The van der Waals surface area contributed by atoms with Crippen LogP contribution in [-0.2, 0) is 4.79 Å². The van der Waals surface area contributed by atoms with Gasteiger partial charge in [0.25, 0.3) is 5.91 Å². The van der Waals surface area contributed by atoms with Gasteiger partial charge < -0.3 is 14.7 Å². The molecule has 7 heteroatoms. The van der Waals surface area contributed by atoms with Gasteiger partial charge in [-0.3, -0.25) is 4.79 Å². The lowest BCUT2D eigenvalue weighted by molar-refractivity contribution is -0.253. The highest BCUT2D eigenvalue weighted by Crippen LogP contribution is 2.37. The number of ether oxygens (including phenoxy) is 1. The van der Waals surface area contributed by atoms with E-state index in [9.17, 15) is 23.1 Å². The monoisotopic (exact) mass is 317 g/mol. The molecule has 0 bridgehead atoms. The van der Waals surface area contributed by atoms with Gasteiger partial charge in [-0.2, -0.15) is 13.2 Å². The largest absolute Gasteiger partial charge is 0.481 e. The summed E-state index contributed by atoms with van der Waals surface area (Å²) in [6.07, 6.45) is -6.18. The third kappa shape index (κ3) is 3.35. The van der Waals surface area contributed by atoms with Gasteiger partial charge in [0, 0.05) is 13.0 Å². The van der Waals surface area contributed by atoms with E-state index in [2.05, 4.69) is 0 Å². The number of carbonyl (C=O) groups is 1. The van der Waals surface area contributed by atoms with E-state index < -0.39 is 36.8 Å². The molecule has 4 nitrogen and oxygen atoms in total. The second-order valence-corrected chi connectivity index (χ2v) is 5.61. The molecular weight excluding hydrogens is 299 g/mol. The normalized spacial score (nSPS) is 23.5. The summed E-state index contributed by atoms with van der Waals surface area (Å²) in [5.41, 5.74) is -1.80. The van der Waals surface area contributed by atoms with Gasteiger partial charge in [-0.15, -0.1) is 0 Å². The average Bonchev–Trinajstić information content (AvgIpc) is 2.84. The Labute approximate surface area is 126 Å². The highest BCUT2D eigenvalue weighted by atomic mass is 19.4. The van der Waals surface area contributed by atoms with Crippen molar-refractivity contribution in [1.82, 2.24) is 4.90 Å². The number of aliphatic hydroxyl groups is 1. The first-order valence-corrected chi connectivity index (χ1v) is 6.94. The molecule has 1 aliphatic heterocycles. The number of hydrogen-bond acceptors (Lipinski definition) is 3. The van der Waals surface area contributed by atoms with Gasteiger partial charge in [0.2, 0.25) is 0 Å². The van der Waals surface area contributed by atoms with Crippen molar-refractivity contribution in [3.05, 3.63) is 29.8 Å². The van der Waals surface area contributed by atoms with E-state index in [0.717, 1.165) is 10.5 Å². The molecular formula is C15H18F3NO3. The predicted molar refractivity (Wildman–Crippen MR) is 73.5 cm³/mol. The molecule has 1 aliphatic rings. The second kappa shape index (κ2) is 5.79. The van der Waals surface area contributed by atoms with Gasteiger partial charge in [-0.25, -0.2) is 0 Å². The predicted octanol–water partition coefficient (Wildman–Crippen LogP) is 2.29. The van der Waals surface area contributed by atoms with Gasteiger partial charge in [-0.05, 0) is 26.0 Å². The maximum atomic E-state index is 12.7. The number of amides is 1. The fourth-order valence-corrected chi connectivity index (χ4v) is 2.34. The molecule has 0 aromatic heterocycles. The number of alkyl halides is 3. The van der Waals surface area contributed by atoms with E-state index in [0.29, 0.717) is 5.75 Å². The minimum absolute atomic E-state index is 0.142. The van der Waals surface area contributed by atoms with Crippen LogP contribution >= 0.6 is 0 Å². The molecule has 122 valence electrons. The zero-order valence-electron chi connectivity index (χ0n) is 12.4. The van der Waals surface area contributed by atoms with Crippen LogP contribution in [0.4, 0.5) is 13.2 Å². The van der Waals surface area contributed by atoms with Gasteiger partial charge in [0.1, 0.15) is 5.75 Å². The minimum Gasteiger partial charge on any atom is -0.481 e. The Kier molecular flexibility index (Phi) is 4.37. The second-order valence-electron chi connectivity index (χ2n) is 5.61. The standard InChI is InChI=1S/C15H18F3NO3/c1-10-3-5-12(6-4-10)22-11(2)13(20)19-8-7-14(21,9-19)15(16,17)18/h3-6,11,21H,7-9H2,1-2H3/t11-,14+/m0/s1. The number of likely N-dealkylation sites (tertiary alicyclic amines) is 1. The zero-order chi connectivity index (χ0) is 16.5. The SMILES string of the molecule is Cc1ccc(O[C@@H](C)C(=O)N2CC[C@](O)(C(F)(F)F)C2)cc1. The molecule has 1 amide bonds. The molecule has 0 aliphatic carbocycles. The first-order chi connectivity index (χ1) is 10.1. The van der Waals surface area contributed by atoms with Crippen LogP contribution in [0.2, 0.25) is 0 Å². The number of aryl methyl sites for hydroxylation is 1. The maximum Gasteiger partial charge on any atom is 0.419 e. The average molecular weight is 317 g/mol.